The molecule has 3 rings (SSSR count). The van der Waals surface area contributed by atoms with Crippen LogP contribution in [-0.2, 0) is 4.74 Å². The summed E-state index contributed by atoms with van der Waals surface area (Å²) in [6, 6.07) is 1.33. The Labute approximate surface area is 147 Å². The first kappa shape index (κ1) is 18.0. The van der Waals surface area contributed by atoms with Gasteiger partial charge in [0.05, 0.1) is 13.2 Å². The number of nitrogens with one attached hydrogen (secondary N) is 1. The summed E-state index contributed by atoms with van der Waals surface area (Å²) in [5, 5.41) is 3.66. The van der Waals surface area contributed by atoms with Gasteiger partial charge in [0.2, 0.25) is 0 Å². The predicted octanol–water partition coefficient (Wildman–Crippen LogP) is 0.843. The molecule has 3 aliphatic heterocycles. The summed E-state index contributed by atoms with van der Waals surface area (Å²) in [7, 11) is 1.92. The molecule has 0 aromatic heterocycles. The zero-order valence-electron chi connectivity index (χ0n) is 15.5. The van der Waals surface area contributed by atoms with Gasteiger partial charge in [-0.1, -0.05) is 13.3 Å². The van der Waals surface area contributed by atoms with Gasteiger partial charge in [0.15, 0.2) is 5.96 Å². The first-order chi connectivity index (χ1) is 11.8. The molecule has 3 saturated heterocycles. The lowest BCUT2D eigenvalue weighted by molar-refractivity contribution is 0.0194. The zero-order valence-corrected chi connectivity index (χ0v) is 15.5. The summed E-state index contributed by atoms with van der Waals surface area (Å²) in [6.07, 6.45) is 5.27. The van der Waals surface area contributed by atoms with E-state index in [1.165, 1.54) is 32.2 Å². The van der Waals surface area contributed by atoms with E-state index < -0.39 is 0 Å². The topological polar surface area (TPSA) is 43.3 Å². The highest BCUT2D eigenvalue weighted by atomic mass is 16.5. The molecule has 0 spiro atoms. The van der Waals surface area contributed by atoms with E-state index in [9.17, 15) is 0 Å². The van der Waals surface area contributed by atoms with Crippen LogP contribution in [0, 0.1) is 0 Å². The van der Waals surface area contributed by atoms with Gasteiger partial charge in [0, 0.05) is 51.9 Å². The summed E-state index contributed by atoms with van der Waals surface area (Å²) in [6.45, 7) is 11.9. The largest absolute Gasteiger partial charge is 0.379 e. The van der Waals surface area contributed by atoms with Gasteiger partial charge >= 0.3 is 0 Å². The minimum atomic E-state index is 0.661. The number of rotatable bonds is 4. The molecule has 0 aromatic carbocycles. The Morgan fingerprint density at radius 3 is 2.71 bits per heavy atom. The van der Waals surface area contributed by atoms with Gasteiger partial charge in [-0.15, -0.1) is 0 Å². The Morgan fingerprint density at radius 1 is 1.12 bits per heavy atom. The van der Waals surface area contributed by atoms with Gasteiger partial charge in [-0.2, -0.15) is 0 Å². The van der Waals surface area contributed by atoms with E-state index in [4.69, 9.17) is 4.74 Å². The summed E-state index contributed by atoms with van der Waals surface area (Å²) in [5.41, 5.74) is 0. The lowest BCUT2D eigenvalue weighted by Crippen LogP contribution is -2.50. The number of nitrogens with zero attached hydrogens (tertiary/aromatic N) is 4. The molecule has 6 nitrogen and oxygen atoms in total. The second-order valence-corrected chi connectivity index (χ2v) is 7.24. The summed E-state index contributed by atoms with van der Waals surface area (Å²) in [4.78, 5) is 12.2. The van der Waals surface area contributed by atoms with Gasteiger partial charge in [-0.05, 0) is 32.4 Å². The van der Waals surface area contributed by atoms with Crippen LogP contribution in [0.3, 0.4) is 0 Å². The van der Waals surface area contributed by atoms with Crippen molar-refractivity contribution in [2.45, 2.75) is 44.7 Å². The first-order valence-electron chi connectivity index (χ1n) is 9.83. The number of guanidine groups is 1. The summed E-state index contributed by atoms with van der Waals surface area (Å²) < 4.78 is 5.49. The van der Waals surface area contributed by atoms with Crippen molar-refractivity contribution in [2.75, 3.05) is 66.1 Å². The van der Waals surface area contributed by atoms with Gasteiger partial charge in [0.1, 0.15) is 0 Å². The van der Waals surface area contributed by atoms with Crippen molar-refractivity contribution < 1.29 is 4.74 Å². The second kappa shape index (κ2) is 9.02. The highest BCUT2D eigenvalue weighted by Crippen LogP contribution is 2.18. The van der Waals surface area contributed by atoms with Gasteiger partial charge in [-0.25, -0.2) is 0 Å². The minimum Gasteiger partial charge on any atom is -0.379 e. The van der Waals surface area contributed by atoms with E-state index in [1.807, 2.05) is 7.05 Å². The molecule has 2 atom stereocenters. The van der Waals surface area contributed by atoms with Crippen molar-refractivity contribution >= 4 is 5.96 Å². The molecule has 3 fully saturated rings. The molecule has 24 heavy (non-hydrogen) atoms. The van der Waals surface area contributed by atoms with Crippen LogP contribution < -0.4 is 5.32 Å². The average Bonchev–Trinajstić information content (AvgIpc) is 3.13. The highest BCUT2D eigenvalue weighted by Gasteiger charge is 2.30. The number of aliphatic imine (C=N–C) groups is 1. The predicted molar refractivity (Wildman–Crippen MR) is 98.6 cm³/mol. The maximum absolute atomic E-state index is 5.49. The molecule has 1 N–H and O–H groups in total. The van der Waals surface area contributed by atoms with Crippen LogP contribution in [0.2, 0.25) is 0 Å². The minimum absolute atomic E-state index is 0.661. The zero-order chi connectivity index (χ0) is 16.8. The fourth-order valence-electron chi connectivity index (χ4n) is 4.42. The summed E-state index contributed by atoms with van der Waals surface area (Å²) >= 11 is 0. The number of piperidine rings is 1. The fourth-order valence-corrected chi connectivity index (χ4v) is 4.42. The van der Waals surface area contributed by atoms with Crippen LogP contribution >= 0.6 is 0 Å². The van der Waals surface area contributed by atoms with Crippen molar-refractivity contribution in [1.82, 2.24) is 20.0 Å². The average molecular weight is 338 g/mol. The van der Waals surface area contributed by atoms with Gasteiger partial charge in [-0.3, -0.25) is 14.8 Å². The molecule has 0 saturated carbocycles. The smallest absolute Gasteiger partial charge is 0.193 e. The van der Waals surface area contributed by atoms with Crippen molar-refractivity contribution in [1.29, 1.82) is 0 Å². The Morgan fingerprint density at radius 2 is 1.96 bits per heavy atom. The quantitative estimate of drug-likeness (QED) is 0.608. The lowest BCUT2D eigenvalue weighted by atomic mass is 10.0. The molecule has 3 heterocycles. The molecule has 0 radical (unpaired) electrons. The fraction of sp³-hybridized carbons (Fsp3) is 0.944. The number of hydrogen-bond acceptors (Lipinski definition) is 4. The molecule has 0 aliphatic carbocycles. The van der Waals surface area contributed by atoms with Gasteiger partial charge in [0.25, 0.3) is 0 Å². The molecule has 2 unspecified atom stereocenters. The Hall–Kier alpha value is -0.850. The number of hydrogen-bond donors (Lipinski definition) is 1. The number of likely N-dealkylation sites (tertiary alicyclic amines) is 2. The van der Waals surface area contributed by atoms with Crippen LogP contribution in [-0.4, -0.2) is 98.8 Å². The second-order valence-electron chi connectivity index (χ2n) is 7.24. The van der Waals surface area contributed by atoms with Crippen LogP contribution in [0.15, 0.2) is 4.99 Å². The van der Waals surface area contributed by atoms with E-state index >= 15 is 0 Å². The number of morpholine rings is 1. The van der Waals surface area contributed by atoms with E-state index in [0.29, 0.717) is 12.1 Å². The Kier molecular flexibility index (Phi) is 6.75. The third-order valence-corrected chi connectivity index (χ3v) is 5.89. The van der Waals surface area contributed by atoms with E-state index in [-0.39, 0.29) is 0 Å². The summed E-state index contributed by atoms with van der Waals surface area (Å²) in [5.74, 6) is 1.09. The highest BCUT2D eigenvalue weighted by molar-refractivity contribution is 5.80. The normalized spacial score (nSPS) is 30.8. The monoisotopic (exact) mass is 337 g/mol. The maximum Gasteiger partial charge on any atom is 0.193 e. The Bertz CT molecular complexity index is 410. The molecule has 138 valence electrons. The molecular formula is C18H35N5O. The van der Waals surface area contributed by atoms with E-state index in [0.717, 1.165) is 58.4 Å². The van der Waals surface area contributed by atoms with E-state index in [2.05, 4.69) is 31.9 Å². The van der Waals surface area contributed by atoms with Crippen LogP contribution in [0.1, 0.15) is 32.6 Å². The number of likely N-dealkylation sites (N-methyl/N-ethyl adjacent to an activating group) is 1. The van der Waals surface area contributed by atoms with Gasteiger partial charge < -0.3 is 15.0 Å². The third kappa shape index (κ3) is 4.41. The van der Waals surface area contributed by atoms with Crippen molar-refractivity contribution in [3.63, 3.8) is 0 Å². The van der Waals surface area contributed by atoms with Crippen molar-refractivity contribution in [2.24, 2.45) is 4.99 Å². The third-order valence-electron chi connectivity index (χ3n) is 5.89. The maximum atomic E-state index is 5.49. The Balaban J connectivity index is 1.47. The first-order valence-corrected chi connectivity index (χ1v) is 9.83. The standard InChI is InChI=1S/C18H35N5O/c1-3-21-8-5-4-6-16(21)14-20-18(19-2)23-9-7-17(15-23)22-10-12-24-13-11-22/h16-17H,3-15H2,1-2H3,(H,19,20). The molecule has 6 heteroatoms. The molecule has 3 aliphatic rings. The molecule has 0 bridgehead atoms. The molecular weight excluding hydrogens is 302 g/mol. The van der Waals surface area contributed by atoms with Crippen LogP contribution in [0.25, 0.3) is 0 Å². The van der Waals surface area contributed by atoms with Crippen molar-refractivity contribution in [3.05, 3.63) is 0 Å². The molecule has 0 aromatic rings. The van der Waals surface area contributed by atoms with Crippen molar-refractivity contribution in [3.8, 4) is 0 Å². The molecule has 0 amide bonds. The lowest BCUT2D eigenvalue weighted by Gasteiger charge is -2.36. The van der Waals surface area contributed by atoms with Crippen LogP contribution in [0.5, 0.6) is 0 Å². The number of ether oxygens (including phenoxy) is 1. The van der Waals surface area contributed by atoms with E-state index in [1.54, 1.807) is 0 Å². The SMILES string of the molecule is CCN1CCCCC1CNC(=NC)N1CCC(N2CCOCC2)C1. The van der Waals surface area contributed by atoms with Crippen LogP contribution in [0.4, 0.5) is 0 Å².